The van der Waals surface area contributed by atoms with E-state index in [1.54, 1.807) is 5.57 Å². The van der Waals surface area contributed by atoms with E-state index in [0.29, 0.717) is 0 Å². The van der Waals surface area contributed by atoms with E-state index in [1.807, 2.05) is 0 Å². The number of aromatic nitrogens is 1. The predicted molar refractivity (Wildman–Crippen MR) is 165 cm³/mol. The van der Waals surface area contributed by atoms with Crippen LogP contribution in [0.1, 0.15) is 140 Å². The van der Waals surface area contributed by atoms with Crippen LogP contribution >= 0.6 is 0 Å². The number of allylic oxidation sites excluding steroid dienone is 4. The second-order valence-electron chi connectivity index (χ2n) is 12.0. The van der Waals surface area contributed by atoms with Crippen LogP contribution < -0.4 is 4.57 Å². The van der Waals surface area contributed by atoms with Crippen molar-refractivity contribution in [3.8, 4) is 0 Å². The summed E-state index contributed by atoms with van der Waals surface area (Å²) in [5.74, 6) is 0. The highest BCUT2D eigenvalue weighted by Crippen LogP contribution is 2.18. The molecule has 0 spiro atoms. The van der Waals surface area contributed by atoms with Gasteiger partial charge in [0.1, 0.15) is 6.54 Å². The summed E-state index contributed by atoms with van der Waals surface area (Å²) >= 11 is 0. The van der Waals surface area contributed by atoms with Gasteiger partial charge in [-0.1, -0.05) is 94.4 Å². The van der Waals surface area contributed by atoms with Gasteiger partial charge in [0.25, 0.3) is 0 Å². The first-order valence-electron chi connectivity index (χ1n) is 16.6. The van der Waals surface area contributed by atoms with Crippen molar-refractivity contribution in [2.75, 3.05) is 13.1 Å². The van der Waals surface area contributed by atoms with E-state index in [1.165, 1.54) is 166 Å². The van der Waals surface area contributed by atoms with Gasteiger partial charge in [-0.05, 0) is 82.6 Å². The summed E-state index contributed by atoms with van der Waals surface area (Å²) in [6.45, 7) is 3.58. The van der Waals surface area contributed by atoms with Crippen LogP contribution in [0.25, 0.3) is 0 Å². The lowest BCUT2D eigenvalue weighted by Crippen LogP contribution is -2.33. The monoisotopic (exact) mass is 519 g/mol. The number of hydrogen-bond acceptors (Lipinski definition) is 1. The van der Waals surface area contributed by atoms with Gasteiger partial charge >= 0.3 is 0 Å². The van der Waals surface area contributed by atoms with E-state index in [-0.39, 0.29) is 0 Å². The highest BCUT2D eigenvalue weighted by molar-refractivity contribution is 5.18. The number of hydrogen-bond donors (Lipinski definition) is 0. The van der Waals surface area contributed by atoms with Crippen LogP contribution in [-0.2, 0) is 13.0 Å². The maximum atomic E-state index is 2.55. The molecule has 4 bridgehead atoms. The average molecular weight is 520 g/mol. The summed E-state index contributed by atoms with van der Waals surface area (Å²) in [5.41, 5.74) is 3.17. The molecule has 0 fully saturated rings. The molecule has 0 radical (unpaired) electrons. The fraction of sp³-hybridized carbons (Fsp3) is 0.694. The summed E-state index contributed by atoms with van der Waals surface area (Å²) in [6, 6.07) is 4.58. The minimum absolute atomic E-state index is 1.17. The molecule has 3 heterocycles. The van der Waals surface area contributed by atoms with Crippen LogP contribution in [-0.4, -0.2) is 18.0 Å². The Morgan fingerprint density at radius 3 is 1.95 bits per heavy atom. The van der Waals surface area contributed by atoms with Crippen molar-refractivity contribution in [1.82, 2.24) is 4.90 Å². The van der Waals surface area contributed by atoms with Crippen molar-refractivity contribution >= 4 is 0 Å². The van der Waals surface area contributed by atoms with Crippen LogP contribution in [0, 0.1) is 0 Å². The molecule has 1 aromatic rings. The smallest absolute Gasteiger partial charge is 0.171 e. The molecule has 0 aliphatic carbocycles. The molecule has 0 amide bonds. The zero-order valence-electron chi connectivity index (χ0n) is 24.8. The summed E-state index contributed by atoms with van der Waals surface area (Å²) in [5, 5.41) is 0. The normalized spacial score (nSPS) is 21.6. The number of fused-ring (bicyclic) bond motifs is 4. The van der Waals surface area contributed by atoms with Crippen molar-refractivity contribution in [3.63, 3.8) is 0 Å². The summed E-state index contributed by atoms with van der Waals surface area (Å²) in [4.78, 5) is 2.55. The molecule has 0 saturated heterocycles. The number of nitrogens with zero attached hydrogens (tertiary/aromatic N) is 2. The topological polar surface area (TPSA) is 7.12 Å². The highest BCUT2D eigenvalue weighted by atomic mass is 15.1. The molecule has 0 atom stereocenters. The van der Waals surface area contributed by atoms with Crippen molar-refractivity contribution in [2.24, 2.45) is 0 Å². The van der Waals surface area contributed by atoms with Crippen molar-refractivity contribution < 1.29 is 4.57 Å². The molecule has 0 saturated carbocycles. The van der Waals surface area contributed by atoms with E-state index in [2.05, 4.69) is 64.5 Å². The van der Waals surface area contributed by atoms with Gasteiger partial charge in [0.15, 0.2) is 12.4 Å². The third-order valence-electron chi connectivity index (χ3n) is 8.44. The SMILES string of the molecule is C1=CN2CCCCCCCCCCCCc3ccc[n+](c3)CCCCCCC=CCCCCCCC(=C1)C2. The minimum atomic E-state index is 1.17. The van der Waals surface area contributed by atoms with Gasteiger partial charge < -0.3 is 4.90 Å². The largest absolute Gasteiger partial charge is 0.373 e. The Bertz CT molecular complexity index is 805. The van der Waals surface area contributed by atoms with E-state index >= 15 is 0 Å². The van der Waals surface area contributed by atoms with Gasteiger partial charge in [-0.15, -0.1) is 0 Å². The predicted octanol–water partition coefficient (Wildman–Crippen LogP) is 10.0. The van der Waals surface area contributed by atoms with Crippen LogP contribution in [0.15, 0.2) is 60.6 Å². The average Bonchev–Trinajstić information content (AvgIpc) is 2.94. The third kappa shape index (κ3) is 14.9. The van der Waals surface area contributed by atoms with Gasteiger partial charge in [-0.25, -0.2) is 4.57 Å². The molecule has 1 aromatic heterocycles. The van der Waals surface area contributed by atoms with Gasteiger partial charge in [0.05, 0.1) is 0 Å². The Labute approximate surface area is 236 Å². The van der Waals surface area contributed by atoms with Crippen LogP contribution in [0.5, 0.6) is 0 Å². The lowest BCUT2D eigenvalue weighted by Gasteiger charge is -2.24. The van der Waals surface area contributed by atoms with Gasteiger partial charge in [-0.2, -0.15) is 0 Å². The molecular weight excluding hydrogens is 460 g/mol. The van der Waals surface area contributed by atoms with Crippen LogP contribution in [0.4, 0.5) is 0 Å². The molecule has 38 heavy (non-hydrogen) atoms. The maximum Gasteiger partial charge on any atom is 0.171 e. The number of rotatable bonds is 0. The van der Waals surface area contributed by atoms with Gasteiger partial charge in [-0.3, -0.25) is 0 Å². The molecule has 212 valence electrons. The first-order valence-corrected chi connectivity index (χ1v) is 16.6. The zero-order chi connectivity index (χ0) is 26.4. The fourth-order valence-electron chi connectivity index (χ4n) is 6.02. The Morgan fingerprint density at radius 1 is 0.605 bits per heavy atom. The van der Waals surface area contributed by atoms with Gasteiger partial charge in [0, 0.05) is 31.1 Å². The van der Waals surface area contributed by atoms with Crippen molar-refractivity contribution in [3.05, 3.63) is 66.2 Å². The van der Waals surface area contributed by atoms with E-state index in [9.17, 15) is 0 Å². The Hall–Kier alpha value is -1.83. The Morgan fingerprint density at radius 2 is 1.21 bits per heavy atom. The lowest BCUT2D eigenvalue weighted by atomic mass is 10.0. The Balaban J connectivity index is 1.34. The second kappa shape index (κ2) is 21.0. The standard InChI is InChI=1S/C36H59N2/c1-2-5-9-13-17-21-29-37-31-24-28-36(34-37)26-20-16-12-8-4-6-10-14-18-22-30-38-32-23-27-35(33-38)25-19-15-11-7-3-1/h1-2,23-24,27-28,31-32,34H,3-22,25-26,29-30,33H2/q+1. The van der Waals surface area contributed by atoms with E-state index < -0.39 is 0 Å². The molecule has 0 aromatic carbocycles. The second-order valence-corrected chi connectivity index (χ2v) is 12.0. The van der Waals surface area contributed by atoms with Crippen molar-refractivity contribution in [1.29, 1.82) is 0 Å². The quantitative estimate of drug-likeness (QED) is 0.244. The summed E-state index contributed by atoms with van der Waals surface area (Å²) < 4.78 is 2.43. The van der Waals surface area contributed by atoms with E-state index in [0.717, 1.165) is 0 Å². The van der Waals surface area contributed by atoms with Gasteiger partial charge in [0.2, 0.25) is 0 Å². The molecule has 2 aliphatic heterocycles. The molecular formula is C36H59N2+. The Kier molecular flexibility index (Phi) is 17.0. The molecule has 0 unspecified atom stereocenters. The fourth-order valence-corrected chi connectivity index (χ4v) is 6.02. The molecule has 2 nitrogen and oxygen atoms in total. The lowest BCUT2D eigenvalue weighted by molar-refractivity contribution is -0.697. The molecule has 2 heteroatoms. The first-order chi connectivity index (χ1) is 18.9. The number of aryl methyl sites for hydroxylation is 2. The first kappa shape index (κ1) is 30.7. The highest BCUT2D eigenvalue weighted by Gasteiger charge is 2.07. The summed E-state index contributed by atoms with van der Waals surface area (Å²) in [7, 11) is 0. The zero-order valence-corrected chi connectivity index (χ0v) is 24.8. The van der Waals surface area contributed by atoms with Crippen LogP contribution in [0.2, 0.25) is 0 Å². The van der Waals surface area contributed by atoms with Crippen molar-refractivity contribution in [2.45, 2.75) is 148 Å². The van der Waals surface area contributed by atoms with Crippen LogP contribution in [0.3, 0.4) is 0 Å². The number of pyridine rings is 1. The summed E-state index contributed by atoms with van der Waals surface area (Å²) in [6.07, 6.45) is 46.5. The third-order valence-corrected chi connectivity index (χ3v) is 8.44. The van der Waals surface area contributed by atoms with E-state index in [4.69, 9.17) is 0 Å². The molecule has 2 aliphatic rings. The maximum absolute atomic E-state index is 2.55. The minimum Gasteiger partial charge on any atom is -0.373 e. The molecule has 3 rings (SSSR count). The molecule has 0 N–H and O–H groups in total.